The number of sulfonamides is 1. The fraction of sp³-hybridized carbons (Fsp3) is 0.583. The normalized spacial score (nSPS) is 20.8. The fourth-order valence-electron chi connectivity index (χ4n) is 2.60. The van der Waals surface area contributed by atoms with Gasteiger partial charge in [-0.1, -0.05) is 0 Å². The Hall–Kier alpha value is -1.74. The van der Waals surface area contributed by atoms with Crippen LogP contribution >= 0.6 is 0 Å². The molecule has 0 saturated carbocycles. The maximum absolute atomic E-state index is 11.7. The van der Waals surface area contributed by atoms with Crippen molar-refractivity contribution in [2.75, 3.05) is 24.7 Å². The first-order valence-electron chi connectivity index (χ1n) is 6.82. The molecule has 0 bridgehead atoms. The van der Waals surface area contributed by atoms with Gasteiger partial charge in [0, 0.05) is 30.9 Å². The van der Waals surface area contributed by atoms with Crippen molar-refractivity contribution < 1.29 is 8.42 Å². The molecule has 0 radical (unpaired) electrons. The van der Waals surface area contributed by atoms with Crippen molar-refractivity contribution in [1.82, 2.24) is 23.9 Å². The third-order valence-corrected chi connectivity index (χ3v) is 4.85. The molecule has 2 aromatic heterocycles. The topological polar surface area (TPSA) is 92.5 Å². The minimum absolute atomic E-state index is 0.0580. The Balaban J connectivity index is 1.83. The van der Waals surface area contributed by atoms with E-state index in [4.69, 9.17) is 0 Å². The predicted molar refractivity (Wildman–Crippen MR) is 78.6 cm³/mol. The van der Waals surface area contributed by atoms with Crippen molar-refractivity contribution in [3.8, 4) is 0 Å². The first-order chi connectivity index (χ1) is 9.93. The van der Waals surface area contributed by atoms with E-state index in [1.54, 1.807) is 4.52 Å². The van der Waals surface area contributed by atoms with E-state index < -0.39 is 10.0 Å². The molecule has 3 heterocycles. The smallest absolute Gasteiger partial charge is 0.254 e. The largest absolute Gasteiger partial charge is 0.366 e. The Morgan fingerprint density at radius 1 is 1.43 bits per heavy atom. The predicted octanol–water partition coefficient (Wildman–Crippen LogP) is 0.269. The molecule has 1 N–H and O–H groups in total. The van der Waals surface area contributed by atoms with Gasteiger partial charge in [0.05, 0.1) is 6.26 Å². The molecule has 0 spiro atoms. The van der Waals surface area contributed by atoms with Crippen LogP contribution < -0.4 is 5.32 Å². The van der Waals surface area contributed by atoms with Gasteiger partial charge in [0.25, 0.3) is 5.78 Å². The molecule has 1 aliphatic rings. The molecule has 114 valence electrons. The molecule has 9 heteroatoms. The van der Waals surface area contributed by atoms with E-state index in [-0.39, 0.29) is 6.04 Å². The monoisotopic (exact) mass is 310 g/mol. The van der Waals surface area contributed by atoms with Crippen molar-refractivity contribution in [3.63, 3.8) is 0 Å². The number of nitrogens with one attached hydrogen (secondary N) is 1. The first-order valence-corrected chi connectivity index (χ1v) is 8.67. The van der Waals surface area contributed by atoms with E-state index >= 15 is 0 Å². The second kappa shape index (κ2) is 5.23. The summed E-state index contributed by atoms with van der Waals surface area (Å²) in [6.07, 6.45) is 4.47. The average molecular weight is 310 g/mol. The Bertz CT molecular complexity index is 756. The molecule has 1 unspecified atom stereocenters. The number of piperidine rings is 1. The van der Waals surface area contributed by atoms with Crippen molar-refractivity contribution in [2.24, 2.45) is 0 Å². The lowest BCUT2D eigenvalue weighted by Gasteiger charge is -2.31. The van der Waals surface area contributed by atoms with Crippen LogP contribution in [0.2, 0.25) is 0 Å². The quantitative estimate of drug-likeness (QED) is 0.875. The average Bonchev–Trinajstić information content (AvgIpc) is 2.86. The van der Waals surface area contributed by atoms with Gasteiger partial charge in [0.15, 0.2) is 0 Å². The molecule has 1 atom stereocenters. The van der Waals surface area contributed by atoms with E-state index in [0.29, 0.717) is 18.9 Å². The van der Waals surface area contributed by atoms with Gasteiger partial charge in [-0.2, -0.15) is 14.6 Å². The molecule has 8 nitrogen and oxygen atoms in total. The van der Waals surface area contributed by atoms with Crippen LogP contribution in [0, 0.1) is 6.92 Å². The van der Waals surface area contributed by atoms with Crippen molar-refractivity contribution in [1.29, 1.82) is 0 Å². The Kier molecular flexibility index (Phi) is 3.54. The molecule has 2 aromatic rings. The molecule has 1 saturated heterocycles. The summed E-state index contributed by atoms with van der Waals surface area (Å²) in [7, 11) is -3.14. The molecule has 1 fully saturated rings. The zero-order valence-electron chi connectivity index (χ0n) is 12.0. The van der Waals surface area contributed by atoms with E-state index in [1.807, 2.05) is 13.0 Å². The van der Waals surface area contributed by atoms with E-state index in [0.717, 1.165) is 24.4 Å². The summed E-state index contributed by atoms with van der Waals surface area (Å²) in [5.74, 6) is 1.32. The highest BCUT2D eigenvalue weighted by Gasteiger charge is 2.26. The molecular weight excluding hydrogens is 292 g/mol. The molecule has 1 aliphatic heterocycles. The van der Waals surface area contributed by atoms with Gasteiger partial charge >= 0.3 is 0 Å². The highest BCUT2D eigenvalue weighted by Crippen LogP contribution is 2.18. The van der Waals surface area contributed by atoms with Gasteiger partial charge in [-0.15, -0.1) is 0 Å². The minimum Gasteiger partial charge on any atom is -0.366 e. The van der Waals surface area contributed by atoms with E-state index in [2.05, 4.69) is 20.4 Å². The van der Waals surface area contributed by atoms with Gasteiger partial charge in [0.2, 0.25) is 10.0 Å². The summed E-state index contributed by atoms with van der Waals surface area (Å²) in [5, 5.41) is 7.51. The van der Waals surface area contributed by atoms with Crippen LogP contribution in [0.4, 0.5) is 5.82 Å². The number of hydrogen-bond acceptors (Lipinski definition) is 6. The summed E-state index contributed by atoms with van der Waals surface area (Å²) in [6.45, 7) is 2.95. The fourth-order valence-corrected chi connectivity index (χ4v) is 3.52. The standard InChI is InChI=1S/C12H18N6O2S/c1-9-6-11(18-12(15-9)13-8-14-18)16-10-4-3-5-17(7-10)21(2,19)20/h6,8,10,16H,3-5,7H2,1-2H3. The SMILES string of the molecule is Cc1cc(NC2CCCN(S(C)(=O)=O)C2)n2ncnc2n1. The van der Waals surface area contributed by atoms with Crippen LogP contribution in [0.15, 0.2) is 12.4 Å². The number of rotatable bonds is 3. The highest BCUT2D eigenvalue weighted by molar-refractivity contribution is 7.88. The van der Waals surface area contributed by atoms with Gasteiger partial charge < -0.3 is 5.32 Å². The summed E-state index contributed by atoms with van der Waals surface area (Å²) >= 11 is 0. The minimum atomic E-state index is -3.14. The van der Waals surface area contributed by atoms with Crippen LogP contribution in [0.3, 0.4) is 0 Å². The molecule has 0 aromatic carbocycles. The molecule has 0 aliphatic carbocycles. The molecular formula is C12H18N6O2S. The Morgan fingerprint density at radius 2 is 2.24 bits per heavy atom. The van der Waals surface area contributed by atoms with Crippen LogP contribution in [0.1, 0.15) is 18.5 Å². The number of fused-ring (bicyclic) bond motifs is 1. The zero-order chi connectivity index (χ0) is 15.0. The van der Waals surface area contributed by atoms with Gasteiger partial charge in [-0.05, 0) is 19.8 Å². The lowest BCUT2D eigenvalue weighted by atomic mass is 10.1. The van der Waals surface area contributed by atoms with Crippen molar-refractivity contribution in [3.05, 3.63) is 18.1 Å². The third kappa shape index (κ3) is 2.98. The highest BCUT2D eigenvalue weighted by atomic mass is 32.2. The Labute approximate surface area is 123 Å². The summed E-state index contributed by atoms with van der Waals surface area (Å²) in [6, 6.07) is 1.95. The van der Waals surface area contributed by atoms with Gasteiger partial charge in [-0.25, -0.2) is 17.7 Å². The van der Waals surface area contributed by atoms with Crippen LogP contribution in [-0.2, 0) is 10.0 Å². The van der Waals surface area contributed by atoms with Crippen LogP contribution in [0.5, 0.6) is 0 Å². The number of hydrogen-bond donors (Lipinski definition) is 1. The van der Waals surface area contributed by atoms with Gasteiger partial charge in [0.1, 0.15) is 12.1 Å². The molecule has 0 amide bonds. The molecule has 3 rings (SSSR count). The lowest BCUT2D eigenvalue weighted by molar-refractivity contribution is 0.328. The van der Waals surface area contributed by atoms with Crippen molar-refractivity contribution in [2.45, 2.75) is 25.8 Å². The second-order valence-corrected chi connectivity index (χ2v) is 7.34. The Morgan fingerprint density at radius 3 is 3.00 bits per heavy atom. The second-order valence-electron chi connectivity index (χ2n) is 5.36. The van der Waals surface area contributed by atoms with E-state index in [1.165, 1.54) is 16.9 Å². The maximum atomic E-state index is 11.7. The zero-order valence-corrected chi connectivity index (χ0v) is 12.8. The van der Waals surface area contributed by atoms with E-state index in [9.17, 15) is 8.42 Å². The summed E-state index contributed by atoms with van der Waals surface area (Å²) in [5.41, 5.74) is 0.841. The maximum Gasteiger partial charge on any atom is 0.254 e. The lowest BCUT2D eigenvalue weighted by Crippen LogP contribution is -2.44. The number of nitrogens with zero attached hydrogens (tertiary/aromatic N) is 5. The van der Waals surface area contributed by atoms with Crippen molar-refractivity contribution >= 4 is 21.6 Å². The van der Waals surface area contributed by atoms with Crippen LogP contribution in [0.25, 0.3) is 5.78 Å². The van der Waals surface area contributed by atoms with Crippen LogP contribution in [-0.4, -0.2) is 57.7 Å². The number of anilines is 1. The number of aryl methyl sites for hydroxylation is 1. The summed E-state index contributed by atoms with van der Waals surface area (Å²) < 4.78 is 26.5. The number of aromatic nitrogens is 4. The van der Waals surface area contributed by atoms with Gasteiger partial charge in [-0.3, -0.25) is 0 Å². The third-order valence-electron chi connectivity index (χ3n) is 3.59. The summed E-state index contributed by atoms with van der Waals surface area (Å²) in [4.78, 5) is 8.37. The molecule has 21 heavy (non-hydrogen) atoms. The first kappa shape index (κ1) is 14.2.